The van der Waals surface area contributed by atoms with Crippen molar-refractivity contribution in [3.63, 3.8) is 0 Å². The maximum absolute atomic E-state index is 12.7. The van der Waals surface area contributed by atoms with E-state index in [2.05, 4.69) is 58.2 Å². The van der Waals surface area contributed by atoms with Crippen molar-refractivity contribution in [1.29, 1.82) is 0 Å². The Morgan fingerprint density at radius 3 is 2.48 bits per heavy atom. The number of likely N-dealkylation sites (tertiary alicyclic amines) is 1. The molecule has 0 spiro atoms. The van der Waals surface area contributed by atoms with Gasteiger partial charge in [-0.25, -0.2) is 9.97 Å². The summed E-state index contributed by atoms with van der Waals surface area (Å²) < 4.78 is 38.0. The van der Waals surface area contributed by atoms with E-state index >= 15 is 0 Å². The minimum absolute atomic E-state index is 0. The Labute approximate surface area is 175 Å². The molecular formula is C17H28F3IN6. The first-order valence-corrected chi connectivity index (χ1v) is 8.69. The van der Waals surface area contributed by atoms with Gasteiger partial charge in [0.05, 0.1) is 6.54 Å². The van der Waals surface area contributed by atoms with Gasteiger partial charge in [0.2, 0.25) is 5.95 Å². The summed E-state index contributed by atoms with van der Waals surface area (Å²) in [6.45, 7) is 13.2. The fraction of sp³-hybridized carbons (Fsp3) is 0.706. The van der Waals surface area contributed by atoms with E-state index in [4.69, 9.17) is 0 Å². The normalized spacial score (nSPS) is 18.4. The van der Waals surface area contributed by atoms with Crippen LogP contribution in [0.4, 0.5) is 19.1 Å². The van der Waals surface area contributed by atoms with Crippen LogP contribution in [0.3, 0.4) is 0 Å². The zero-order valence-corrected chi connectivity index (χ0v) is 18.6. The fourth-order valence-electron chi connectivity index (χ4n) is 2.73. The third-order valence-corrected chi connectivity index (χ3v) is 5.08. The SMILES string of the molecule is CCNC(=NCCNc1nccc(C(F)(F)F)n1)N1CC(C)(C)C1(C)C.I. The van der Waals surface area contributed by atoms with E-state index in [1.807, 2.05) is 6.92 Å². The summed E-state index contributed by atoms with van der Waals surface area (Å²) in [5.74, 6) is 0.758. The van der Waals surface area contributed by atoms with Crippen LogP contribution in [0.25, 0.3) is 0 Å². The molecule has 1 fully saturated rings. The molecular weight excluding hydrogens is 472 g/mol. The zero-order valence-electron chi connectivity index (χ0n) is 16.3. The Kier molecular flexibility index (Phi) is 7.71. The Morgan fingerprint density at radius 2 is 1.96 bits per heavy atom. The minimum Gasteiger partial charge on any atom is -0.356 e. The molecule has 1 aliphatic rings. The minimum atomic E-state index is -4.48. The van der Waals surface area contributed by atoms with Crippen molar-refractivity contribution in [2.75, 3.05) is 31.5 Å². The molecule has 1 aromatic rings. The first-order valence-electron chi connectivity index (χ1n) is 8.69. The highest BCUT2D eigenvalue weighted by Crippen LogP contribution is 2.46. The van der Waals surface area contributed by atoms with Gasteiger partial charge >= 0.3 is 6.18 Å². The van der Waals surface area contributed by atoms with Gasteiger partial charge in [-0.15, -0.1) is 24.0 Å². The van der Waals surface area contributed by atoms with Crippen molar-refractivity contribution < 1.29 is 13.2 Å². The Bertz CT molecular complexity index is 660. The number of anilines is 1. The number of aliphatic imine (C=N–C) groups is 1. The van der Waals surface area contributed by atoms with E-state index in [1.54, 1.807) is 0 Å². The first-order chi connectivity index (χ1) is 12.0. The van der Waals surface area contributed by atoms with Crippen LogP contribution < -0.4 is 10.6 Å². The van der Waals surface area contributed by atoms with Gasteiger partial charge in [-0.2, -0.15) is 13.2 Å². The van der Waals surface area contributed by atoms with Gasteiger partial charge in [-0.1, -0.05) is 13.8 Å². The largest absolute Gasteiger partial charge is 0.433 e. The molecule has 2 rings (SSSR count). The molecule has 0 bridgehead atoms. The van der Waals surface area contributed by atoms with Crippen molar-refractivity contribution >= 4 is 35.9 Å². The number of nitrogens with one attached hydrogen (secondary N) is 2. The molecule has 10 heteroatoms. The molecule has 27 heavy (non-hydrogen) atoms. The van der Waals surface area contributed by atoms with Crippen LogP contribution >= 0.6 is 24.0 Å². The van der Waals surface area contributed by atoms with Crippen LogP contribution in [0.1, 0.15) is 40.3 Å². The van der Waals surface area contributed by atoms with Crippen LogP contribution in [0, 0.1) is 5.41 Å². The second-order valence-corrected chi connectivity index (χ2v) is 7.45. The number of hydrogen-bond acceptors (Lipinski definition) is 4. The van der Waals surface area contributed by atoms with Gasteiger partial charge < -0.3 is 15.5 Å². The van der Waals surface area contributed by atoms with E-state index < -0.39 is 11.9 Å². The highest BCUT2D eigenvalue weighted by molar-refractivity contribution is 14.0. The number of guanidine groups is 1. The molecule has 1 saturated heterocycles. The maximum atomic E-state index is 12.7. The number of alkyl halides is 3. The summed E-state index contributed by atoms with van der Waals surface area (Å²) in [4.78, 5) is 14.1. The summed E-state index contributed by atoms with van der Waals surface area (Å²) in [6.07, 6.45) is -3.39. The number of rotatable bonds is 5. The average molecular weight is 500 g/mol. The first kappa shape index (κ1) is 23.7. The smallest absolute Gasteiger partial charge is 0.356 e. The lowest BCUT2D eigenvalue weighted by atomic mass is 9.65. The van der Waals surface area contributed by atoms with E-state index in [-0.39, 0.29) is 40.9 Å². The molecule has 0 amide bonds. The molecule has 2 heterocycles. The summed E-state index contributed by atoms with van der Waals surface area (Å²) in [6, 6.07) is 0.848. The lowest BCUT2D eigenvalue weighted by molar-refractivity contribution is -0.141. The quantitative estimate of drug-likeness (QED) is 0.280. The lowest BCUT2D eigenvalue weighted by Crippen LogP contribution is -2.72. The average Bonchev–Trinajstić information content (AvgIpc) is 2.55. The number of halogens is 4. The molecule has 0 saturated carbocycles. The van der Waals surface area contributed by atoms with Crippen LogP contribution in [-0.4, -0.2) is 52.5 Å². The molecule has 1 aliphatic heterocycles. The summed E-state index contributed by atoms with van der Waals surface area (Å²) >= 11 is 0. The predicted molar refractivity (Wildman–Crippen MR) is 111 cm³/mol. The van der Waals surface area contributed by atoms with Crippen LogP contribution in [0.5, 0.6) is 0 Å². The van der Waals surface area contributed by atoms with Crippen molar-refractivity contribution in [3.8, 4) is 0 Å². The second kappa shape index (κ2) is 8.78. The highest BCUT2D eigenvalue weighted by Gasteiger charge is 2.53. The molecule has 2 N–H and O–H groups in total. The van der Waals surface area contributed by atoms with E-state index in [0.717, 1.165) is 31.3 Å². The molecule has 0 atom stereocenters. The van der Waals surface area contributed by atoms with Gasteiger partial charge in [0, 0.05) is 36.8 Å². The fourth-order valence-corrected chi connectivity index (χ4v) is 2.73. The summed E-state index contributed by atoms with van der Waals surface area (Å²) in [5, 5.41) is 6.06. The molecule has 0 unspecified atom stereocenters. The van der Waals surface area contributed by atoms with Crippen LogP contribution in [0.15, 0.2) is 17.3 Å². The topological polar surface area (TPSA) is 65.4 Å². The predicted octanol–water partition coefficient (Wildman–Crippen LogP) is 3.61. The van der Waals surface area contributed by atoms with E-state index in [1.165, 1.54) is 0 Å². The molecule has 0 aliphatic carbocycles. The Hall–Kier alpha value is -1.33. The van der Waals surface area contributed by atoms with Gasteiger partial charge in [-0.05, 0) is 26.8 Å². The van der Waals surface area contributed by atoms with Crippen molar-refractivity contribution in [2.45, 2.75) is 46.3 Å². The Balaban J connectivity index is 0.00000364. The van der Waals surface area contributed by atoms with Crippen molar-refractivity contribution in [3.05, 3.63) is 18.0 Å². The third-order valence-electron chi connectivity index (χ3n) is 5.08. The van der Waals surface area contributed by atoms with E-state index in [0.29, 0.717) is 13.1 Å². The number of nitrogens with zero attached hydrogens (tertiary/aromatic N) is 4. The van der Waals surface area contributed by atoms with Gasteiger partial charge in [0.15, 0.2) is 5.96 Å². The second-order valence-electron chi connectivity index (χ2n) is 7.45. The van der Waals surface area contributed by atoms with Gasteiger partial charge in [0.1, 0.15) is 5.69 Å². The molecule has 0 aromatic carbocycles. The molecule has 6 nitrogen and oxygen atoms in total. The lowest BCUT2D eigenvalue weighted by Gasteiger charge is -2.62. The third kappa shape index (κ3) is 5.35. The summed E-state index contributed by atoms with van der Waals surface area (Å²) in [5.41, 5.74) is -0.796. The van der Waals surface area contributed by atoms with Crippen LogP contribution in [0.2, 0.25) is 0 Å². The zero-order chi connectivity index (χ0) is 19.6. The summed E-state index contributed by atoms with van der Waals surface area (Å²) in [7, 11) is 0. The van der Waals surface area contributed by atoms with Crippen molar-refractivity contribution in [1.82, 2.24) is 20.2 Å². The number of hydrogen-bond donors (Lipinski definition) is 2. The standard InChI is InChI=1S/C17H27F3N6.HI/c1-6-21-14(26-11-15(2,3)16(26,4)5)24-10-9-23-13-22-8-7-12(25-13)17(18,19)20;/h7-8H,6,9-11H2,1-5H3,(H,21,24)(H,22,23,25);1H. The van der Waals surface area contributed by atoms with Crippen LogP contribution in [-0.2, 0) is 6.18 Å². The highest BCUT2D eigenvalue weighted by atomic mass is 127. The van der Waals surface area contributed by atoms with Gasteiger partial charge in [0.25, 0.3) is 0 Å². The van der Waals surface area contributed by atoms with E-state index in [9.17, 15) is 13.2 Å². The maximum Gasteiger partial charge on any atom is 0.433 e. The molecule has 154 valence electrons. The molecule has 0 radical (unpaired) electrons. The molecule has 1 aromatic heterocycles. The Morgan fingerprint density at radius 1 is 1.30 bits per heavy atom. The number of aromatic nitrogens is 2. The van der Waals surface area contributed by atoms with Gasteiger partial charge in [-0.3, -0.25) is 4.99 Å². The monoisotopic (exact) mass is 500 g/mol. The van der Waals surface area contributed by atoms with Crippen molar-refractivity contribution in [2.24, 2.45) is 10.4 Å².